The Morgan fingerprint density at radius 3 is 1.73 bits per heavy atom. The molecule has 0 heterocycles. The van der Waals surface area contributed by atoms with E-state index in [1.165, 1.54) is 51.4 Å². The molecule has 0 saturated heterocycles. The zero-order valence-electron chi connectivity index (χ0n) is 14.3. The second-order valence-electron chi connectivity index (χ2n) is 5.27. The Hall–Kier alpha value is -1.56. The largest absolute Gasteiger partial charge is 0.0991 e. The van der Waals surface area contributed by atoms with Crippen molar-refractivity contribution in [2.75, 3.05) is 0 Å². The van der Waals surface area contributed by atoms with Gasteiger partial charge in [0.15, 0.2) is 0 Å². The minimum absolute atomic E-state index is 1.19. The number of unbranched alkanes of at least 4 members (excludes halogenated alkanes) is 8. The third kappa shape index (κ3) is 18.4. The molecule has 0 fully saturated rings. The average molecular weight is 298 g/mol. The molecule has 0 aliphatic heterocycles. The van der Waals surface area contributed by atoms with Gasteiger partial charge in [-0.25, -0.2) is 0 Å². The van der Waals surface area contributed by atoms with Gasteiger partial charge >= 0.3 is 0 Å². The van der Waals surface area contributed by atoms with Gasteiger partial charge in [0.1, 0.15) is 0 Å². The summed E-state index contributed by atoms with van der Waals surface area (Å²) >= 11 is 0. The molecule has 0 N–H and O–H groups in total. The molecule has 0 amide bonds. The molecule has 0 rings (SSSR count). The topological polar surface area (TPSA) is 0 Å². The van der Waals surface area contributed by atoms with Crippen LogP contribution in [-0.4, -0.2) is 0 Å². The molecule has 0 aromatic heterocycles. The van der Waals surface area contributed by atoms with E-state index in [-0.39, 0.29) is 0 Å². The van der Waals surface area contributed by atoms with Crippen molar-refractivity contribution in [3.8, 4) is 0 Å². The molecule has 0 nitrogen and oxygen atoms in total. The summed E-state index contributed by atoms with van der Waals surface area (Å²) in [6.45, 7) is 5.86. The van der Waals surface area contributed by atoms with Crippen molar-refractivity contribution in [2.45, 2.75) is 58.3 Å². The van der Waals surface area contributed by atoms with Crippen LogP contribution in [0.4, 0.5) is 0 Å². The molecule has 121 valence electrons. The van der Waals surface area contributed by atoms with Crippen molar-refractivity contribution >= 4 is 0 Å². The average Bonchev–Trinajstić information content (AvgIpc) is 2.54. The quantitative estimate of drug-likeness (QED) is 0.233. The molecule has 0 spiro atoms. The van der Waals surface area contributed by atoms with Gasteiger partial charge in [-0.2, -0.15) is 0 Å². The van der Waals surface area contributed by atoms with Gasteiger partial charge in [0.25, 0.3) is 0 Å². The van der Waals surface area contributed by atoms with Gasteiger partial charge in [0.05, 0.1) is 0 Å². The fraction of sp³-hybridized carbons (Fsp3) is 0.409. The van der Waals surface area contributed by atoms with E-state index < -0.39 is 0 Å². The molecule has 1 radical (unpaired) electrons. The van der Waals surface area contributed by atoms with Crippen LogP contribution in [0.25, 0.3) is 0 Å². The van der Waals surface area contributed by atoms with E-state index in [1.54, 1.807) is 6.08 Å². The predicted molar refractivity (Wildman–Crippen MR) is 103 cm³/mol. The minimum atomic E-state index is 1.19. The van der Waals surface area contributed by atoms with Crippen LogP contribution in [0.15, 0.2) is 73.4 Å². The molecule has 0 heteroatoms. The molecular weight excluding hydrogens is 264 g/mol. The first kappa shape index (κ1) is 20.4. The standard InChI is InChI=1S/C22H33/c1-3-5-7-9-11-13-15-17-19-21-22-20-18-16-14-12-10-8-6-4-2/h3,5,7-9,11,13,15,17,19,21-22H,1,4,6,10,12,14,16,18,20H2,2H3/b7-5-,11-9?,15-13?,19-17?,22-21?. The van der Waals surface area contributed by atoms with Gasteiger partial charge in [-0.1, -0.05) is 119 Å². The zero-order valence-corrected chi connectivity index (χ0v) is 14.3. The van der Waals surface area contributed by atoms with E-state index in [1.807, 2.05) is 36.5 Å². The Morgan fingerprint density at radius 1 is 0.591 bits per heavy atom. The molecule has 0 bridgehead atoms. The highest BCUT2D eigenvalue weighted by atomic mass is 14.0. The van der Waals surface area contributed by atoms with Gasteiger partial charge in [-0.05, 0) is 19.3 Å². The molecule has 0 atom stereocenters. The number of hydrogen-bond donors (Lipinski definition) is 0. The van der Waals surface area contributed by atoms with Crippen molar-refractivity contribution in [3.63, 3.8) is 0 Å². The van der Waals surface area contributed by atoms with Gasteiger partial charge < -0.3 is 0 Å². The van der Waals surface area contributed by atoms with E-state index in [4.69, 9.17) is 0 Å². The predicted octanol–water partition coefficient (Wildman–Crippen LogP) is 7.30. The Balaban J connectivity index is 3.41. The van der Waals surface area contributed by atoms with Crippen LogP contribution in [0.5, 0.6) is 0 Å². The second-order valence-corrected chi connectivity index (χ2v) is 5.27. The summed E-state index contributed by atoms with van der Waals surface area (Å²) < 4.78 is 0. The van der Waals surface area contributed by atoms with Crippen molar-refractivity contribution in [2.24, 2.45) is 0 Å². The maximum absolute atomic E-state index is 3.62. The zero-order chi connectivity index (χ0) is 16.1. The third-order valence-corrected chi connectivity index (χ3v) is 3.18. The van der Waals surface area contributed by atoms with Crippen LogP contribution >= 0.6 is 0 Å². The Labute approximate surface area is 138 Å². The monoisotopic (exact) mass is 297 g/mol. The number of hydrogen-bond acceptors (Lipinski definition) is 0. The van der Waals surface area contributed by atoms with Gasteiger partial charge in [0.2, 0.25) is 0 Å². The molecular formula is C22H33. The molecule has 22 heavy (non-hydrogen) atoms. The molecule has 0 aromatic carbocycles. The SMILES string of the molecule is C=C/C=C\C=CC=CC=CC=CCCCCCC[CH]CCC. The van der Waals surface area contributed by atoms with E-state index in [2.05, 4.69) is 44.2 Å². The van der Waals surface area contributed by atoms with Crippen LogP contribution < -0.4 is 0 Å². The van der Waals surface area contributed by atoms with Gasteiger partial charge in [0, 0.05) is 0 Å². The lowest BCUT2D eigenvalue weighted by Crippen LogP contribution is -1.80. The van der Waals surface area contributed by atoms with Crippen molar-refractivity contribution in [3.05, 3.63) is 79.8 Å². The van der Waals surface area contributed by atoms with E-state index in [0.29, 0.717) is 0 Å². The summed E-state index contributed by atoms with van der Waals surface area (Å²) in [6, 6.07) is 0. The fourth-order valence-electron chi connectivity index (χ4n) is 1.96. The fourth-order valence-corrected chi connectivity index (χ4v) is 1.96. The highest BCUT2D eigenvalue weighted by Crippen LogP contribution is 2.09. The van der Waals surface area contributed by atoms with Gasteiger partial charge in [-0.3, -0.25) is 0 Å². The summed E-state index contributed by atoms with van der Waals surface area (Å²) in [5.41, 5.74) is 0. The first-order valence-electron chi connectivity index (χ1n) is 8.67. The summed E-state index contributed by atoms with van der Waals surface area (Å²) in [5, 5.41) is 0. The van der Waals surface area contributed by atoms with Crippen LogP contribution in [0, 0.1) is 6.42 Å². The molecule has 0 aromatic rings. The van der Waals surface area contributed by atoms with E-state index in [0.717, 1.165) is 0 Å². The van der Waals surface area contributed by atoms with Gasteiger partial charge in [-0.15, -0.1) is 0 Å². The summed E-state index contributed by atoms with van der Waals surface area (Å²) in [4.78, 5) is 0. The van der Waals surface area contributed by atoms with Crippen molar-refractivity contribution in [1.82, 2.24) is 0 Å². The number of rotatable bonds is 14. The van der Waals surface area contributed by atoms with E-state index >= 15 is 0 Å². The van der Waals surface area contributed by atoms with Crippen LogP contribution in [0.1, 0.15) is 58.3 Å². The Kier molecular flexibility index (Phi) is 18.1. The molecule has 0 unspecified atom stereocenters. The van der Waals surface area contributed by atoms with Crippen molar-refractivity contribution in [1.29, 1.82) is 0 Å². The normalized spacial score (nSPS) is 12.8. The lowest BCUT2D eigenvalue weighted by Gasteiger charge is -1.99. The van der Waals surface area contributed by atoms with E-state index in [9.17, 15) is 0 Å². The van der Waals surface area contributed by atoms with Crippen LogP contribution in [0.2, 0.25) is 0 Å². The first-order chi connectivity index (χ1) is 10.9. The summed E-state index contributed by atoms with van der Waals surface area (Å²) in [5.74, 6) is 0. The maximum Gasteiger partial charge on any atom is -0.0348 e. The smallest absolute Gasteiger partial charge is 0.0348 e. The molecule has 0 aliphatic carbocycles. The first-order valence-corrected chi connectivity index (χ1v) is 8.67. The molecule has 0 saturated carbocycles. The summed E-state index contributed by atoms with van der Waals surface area (Å²) in [7, 11) is 0. The third-order valence-electron chi connectivity index (χ3n) is 3.18. The minimum Gasteiger partial charge on any atom is -0.0991 e. The Morgan fingerprint density at radius 2 is 1.14 bits per heavy atom. The number of allylic oxidation sites excluding steroid dienone is 11. The van der Waals surface area contributed by atoms with Crippen LogP contribution in [-0.2, 0) is 0 Å². The Bertz CT molecular complexity index is 363. The van der Waals surface area contributed by atoms with Crippen LogP contribution in [0.3, 0.4) is 0 Å². The second kappa shape index (κ2) is 19.4. The maximum atomic E-state index is 3.62. The highest BCUT2D eigenvalue weighted by molar-refractivity contribution is 5.18. The lowest BCUT2D eigenvalue weighted by molar-refractivity contribution is 0.632. The molecule has 0 aliphatic rings. The lowest BCUT2D eigenvalue weighted by atomic mass is 10.1. The highest BCUT2D eigenvalue weighted by Gasteiger charge is 1.90. The summed E-state index contributed by atoms with van der Waals surface area (Å²) in [6.07, 6.45) is 35.1. The van der Waals surface area contributed by atoms with Crippen molar-refractivity contribution < 1.29 is 0 Å².